The fraction of sp³-hybridized carbons (Fsp3) is 0.316. The van der Waals surface area contributed by atoms with Gasteiger partial charge in [-0.1, -0.05) is 102 Å². The molecule has 0 atom stereocenters. The number of nitrogens with zero attached hydrogens (tertiary/aromatic N) is 8. The Hall–Kier alpha value is -4.76. The van der Waals surface area contributed by atoms with Crippen molar-refractivity contribution in [2.24, 2.45) is 10.2 Å². The maximum atomic E-state index is 6.51. The smallest absolute Gasteiger partial charge is 0.165 e. The standard InChI is InChI=1S/C22H23ClN6O.C16H20ClN5O.H2/c23-20-19(28-27-18-9-5-2-6-10-18)22(24-11-12-29-13-15-30-16-14-29)26-21(25-20)17-7-3-1-4-8-17;17-14-13(18)16(19-6-7-22-8-10-23-11-9-22)21-15(20-14)12-4-2-1-3-5-12;/h1-10H,11-16H2,(H,24,25,26);1-5H,6-11,18H2,(H,19,20,21);1H. The van der Waals surface area contributed by atoms with E-state index in [0.717, 1.165) is 89.1 Å². The first-order chi connectivity index (χ1) is 26.0. The molecule has 4 N–H and O–H groups in total. The molecule has 0 bridgehead atoms. The molecule has 13 nitrogen and oxygen atoms in total. The van der Waals surface area contributed by atoms with Gasteiger partial charge in [-0.05, 0) is 12.1 Å². The molecule has 2 fully saturated rings. The fourth-order valence-corrected chi connectivity index (χ4v) is 5.94. The van der Waals surface area contributed by atoms with Crippen molar-refractivity contribution in [3.63, 3.8) is 0 Å². The summed E-state index contributed by atoms with van der Waals surface area (Å²) in [6.07, 6.45) is 0. The van der Waals surface area contributed by atoms with Crippen molar-refractivity contribution in [2.45, 2.75) is 0 Å². The highest BCUT2D eigenvalue weighted by atomic mass is 35.5. The number of hydrogen-bond acceptors (Lipinski definition) is 13. The summed E-state index contributed by atoms with van der Waals surface area (Å²) in [5.41, 5.74) is 9.35. The van der Waals surface area contributed by atoms with Crippen molar-refractivity contribution in [3.05, 3.63) is 101 Å². The molecule has 0 saturated carbocycles. The zero-order valence-corrected chi connectivity index (χ0v) is 30.9. The summed E-state index contributed by atoms with van der Waals surface area (Å²) in [4.78, 5) is 22.6. The van der Waals surface area contributed by atoms with Crippen molar-refractivity contribution >= 4 is 51.9 Å². The van der Waals surface area contributed by atoms with Gasteiger partial charge in [-0.3, -0.25) is 9.80 Å². The van der Waals surface area contributed by atoms with E-state index in [-0.39, 0.29) is 11.7 Å². The number of nitrogens with two attached hydrogens (primary N) is 1. The zero-order valence-electron chi connectivity index (χ0n) is 29.4. The van der Waals surface area contributed by atoms with Crippen LogP contribution in [-0.2, 0) is 9.47 Å². The van der Waals surface area contributed by atoms with E-state index in [2.05, 4.69) is 45.6 Å². The van der Waals surface area contributed by atoms with E-state index >= 15 is 0 Å². The lowest BCUT2D eigenvalue weighted by atomic mass is 10.2. The van der Waals surface area contributed by atoms with Gasteiger partial charge in [0, 0.05) is 64.9 Å². The zero-order chi connectivity index (χ0) is 36.7. The van der Waals surface area contributed by atoms with E-state index in [0.29, 0.717) is 41.2 Å². The molecule has 5 aromatic rings. The Morgan fingerprint density at radius 2 is 1.06 bits per heavy atom. The molecular formula is C38H45Cl2N11O2. The summed E-state index contributed by atoms with van der Waals surface area (Å²) in [5.74, 6) is 2.27. The lowest BCUT2D eigenvalue weighted by Crippen LogP contribution is -2.39. The molecule has 0 amide bonds. The minimum atomic E-state index is 0. The number of aromatic nitrogens is 4. The summed E-state index contributed by atoms with van der Waals surface area (Å²) in [7, 11) is 0. The average Bonchev–Trinajstić information content (AvgIpc) is 3.21. The van der Waals surface area contributed by atoms with E-state index in [1.54, 1.807) is 0 Å². The number of morpholine rings is 2. The van der Waals surface area contributed by atoms with E-state index in [1.165, 1.54) is 0 Å². The van der Waals surface area contributed by atoms with Crippen molar-refractivity contribution in [1.82, 2.24) is 29.7 Å². The largest absolute Gasteiger partial charge is 0.393 e. The Morgan fingerprint density at radius 1 is 0.604 bits per heavy atom. The van der Waals surface area contributed by atoms with E-state index < -0.39 is 0 Å². The highest BCUT2D eigenvalue weighted by Crippen LogP contribution is 2.34. The topological polar surface area (TPSA) is 151 Å². The molecule has 2 aliphatic rings. The van der Waals surface area contributed by atoms with Crippen LogP contribution in [0.5, 0.6) is 0 Å². The first-order valence-corrected chi connectivity index (χ1v) is 18.3. The lowest BCUT2D eigenvalue weighted by molar-refractivity contribution is 0.0398. The highest BCUT2D eigenvalue weighted by Gasteiger charge is 2.17. The van der Waals surface area contributed by atoms with Crippen LogP contribution >= 0.6 is 23.2 Å². The Kier molecular flexibility index (Phi) is 14.3. The molecule has 7 rings (SSSR count). The third-order valence-electron chi connectivity index (χ3n) is 8.47. The Balaban J connectivity index is 0.000000211. The molecule has 3 aromatic carbocycles. The number of ether oxygens (including phenoxy) is 2. The maximum absolute atomic E-state index is 6.51. The highest BCUT2D eigenvalue weighted by molar-refractivity contribution is 6.32. The third kappa shape index (κ3) is 11.4. The second-order valence-corrected chi connectivity index (χ2v) is 12.9. The second-order valence-electron chi connectivity index (χ2n) is 12.2. The van der Waals surface area contributed by atoms with E-state index in [4.69, 9.17) is 43.4 Å². The Bertz CT molecular complexity index is 1900. The minimum Gasteiger partial charge on any atom is -0.393 e. The van der Waals surface area contributed by atoms with Gasteiger partial charge < -0.3 is 25.8 Å². The van der Waals surface area contributed by atoms with Crippen molar-refractivity contribution in [2.75, 3.05) is 95.2 Å². The number of azo groups is 1. The molecule has 0 aliphatic carbocycles. The molecule has 2 saturated heterocycles. The first-order valence-electron chi connectivity index (χ1n) is 17.6. The quantitative estimate of drug-likeness (QED) is 0.0867. The van der Waals surface area contributed by atoms with Crippen LogP contribution in [0.25, 0.3) is 22.8 Å². The molecule has 278 valence electrons. The van der Waals surface area contributed by atoms with Crippen LogP contribution in [-0.4, -0.2) is 109 Å². The van der Waals surface area contributed by atoms with Gasteiger partial charge in [-0.15, -0.1) is 5.11 Å². The van der Waals surface area contributed by atoms with Crippen LogP contribution in [0.15, 0.2) is 101 Å². The van der Waals surface area contributed by atoms with Crippen molar-refractivity contribution in [3.8, 4) is 22.8 Å². The van der Waals surface area contributed by atoms with Gasteiger partial charge in [0.05, 0.1) is 32.1 Å². The van der Waals surface area contributed by atoms with Crippen LogP contribution in [0.2, 0.25) is 10.3 Å². The number of rotatable bonds is 12. The minimum absolute atomic E-state index is 0. The van der Waals surface area contributed by atoms with Crippen LogP contribution in [0, 0.1) is 0 Å². The fourth-order valence-electron chi connectivity index (χ4n) is 5.57. The number of nitrogen functional groups attached to an aromatic ring is 1. The molecule has 4 heterocycles. The van der Waals surface area contributed by atoms with Gasteiger partial charge in [0.2, 0.25) is 0 Å². The number of hydrogen-bond donors (Lipinski definition) is 3. The molecule has 0 spiro atoms. The summed E-state index contributed by atoms with van der Waals surface area (Å²) < 4.78 is 10.8. The molecule has 53 heavy (non-hydrogen) atoms. The maximum Gasteiger partial charge on any atom is 0.165 e. The lowest BCUT2D eigenvalue weighted by Gasteiger charge is -2.26. The molecule has 0 unspecified atom stereocenters. The summed E-state index contributed by atoms with van der Waals surface area (Å²) in [5, 5.41) is 15.8. The van der Waals surface area contributed by atoms with Crippen LogP contribution in [0.3, 0.4) is 0 Å². The SMILES string of the molecule is Clc1nc(-c2ccccc2)nc(NCCN2CCOCC2)c1N=Nc1ccccc1.Nc1c(Cl)nc(-c2ccccc2)nc1NCCN1CCOCC1.[HH]. The Labute approximate surface area is 321 Å². The molecule has 15 heteroatoms. The van der Waals surface area contributed by atoms with E-state index in [1.807, 2.05) is 91.0 Å². The van der Waals surface area contributed by atoms with Crippen molar-refractivity contribution < 1.29 is 10.9 Å². The number of anilines is 3. The first kappa shape index (κ1) is 38.0. The number of nitrogens with one attached hydrogen (secondary N) is 2. The molecular weight excluding hydrogens is 713 g/mol. The molecule has 0 radical (unpaired) electrons. The molecule has 2 aliphatic heterocycles. The van der Waals surface area contributed by atoms with Crippen LogP contribution in [0.4, 0.5) is 28.7 Å². The van der Waals surface area contributed by atoms with Gasteiger partial charge in [-0.2, -0.15) is 5.11 Å². The van der Waals surface area contributed by atoms with Crippen LogP contribution in [0.1, 0.15) is 1.43 Å². The summed E-state index contributed by atoms with van der Waals surface area (Å²) in [6.45, 7) is 10.1. The van der Waals surface area contributed by atoms with Crippen molar-refractivity contribution in [1.29, 1.82) is 0 Å². The average molecular weight is 759 g/mol. The predicted octanol–water partition coefficient (Wildman–Crippen LogP) is 7.33. The van der Waals surface area contributed by atoms with Crippen LogP contribution < -0.4 is 16.4 Å². The third-order valence-corrected chi connectivity index (χ3v) is 9.03. The van der Waals surface area contributed by atoms with Gasteiger partial charge in [0.1, 0.15) is 5.69 Å². The summed E-state index contributed by atoms with van der Waals surface area (Å²) in [6, 6.07) is 29.0. The number of benzene rings is 3. The molecule has 2 aromatic heterocycles. The predicted molar refractivity (Wildman–Crippen MR) is 214 cm³/mol. The normalized spacial score (nSPS) is 15.1. The van der Waals surface area contributed by atoms with Gasteiger partial charge in [0.15, 0.2) is 39.3 Å². The van der Waals surface area contributed by atoms with Gasteiger partial charge in [-0.25, -0.2) is 19.9 Å². The second kappa shape index (κ2) is 19.9. The Morgan fingerprint density at radius 3 is 1.58 bits per heavy atom. The monoisotopic (exact) mass is 757 g/mol. The summed E-state index contributed by atoms with van der Waals surface area (Å²) >= 11 is 12.7. The number of halogens is 2. The van der Waals surface area contributed by atoms with Gasteiger partial charge in [0.25, 0.3) is 0 Å². The van der Waals surface area contributed by atoms with Gasteiger partial charge >= 0.3 is 0 Å². The van der Waals surface area contributed by atoms with E-state index in [9.17, 15) is 0 Å².